The minimum absolute atomic E-state index is 0.0327. The van der Waals surface area contributed by atoms with Crippen LogP contribution in [0.2, 0.25) is 10.0 Å². The number of rotatable bonds is 5. The summed E-state index contributed by atoms with van der Waals surface area (Å²) in [6.07, 6.45) is 2.16. The maximum atomic E-state index is 12.5. The van der Waals surface area contributed by atoms with Gasteiger partial charge >= 0.3 is 0 Å². The third-order valence-corrected chi connectivity index (χ3v) is 5.82. The summed E-state index contributed by atoms with van der Waals surface area (Å²) in [6.45, 7) is 0.664. The predicted molar refractivity (Wildman–Crippen MR) is 76.9 cm³/mol. The minimum atomic E-state index is -3.62. The van der Waals surface area contributed by atoms with Crippen LogP contribution in [0, 0.1) is 5.92 Å². The molecule has 1 saturated carbocycles. The van der Waals surface area contributed by atoms with E-state index in [0.717, 1.165) is 12.8 Å². The monoisotopic (exact) mass is 322 g/mol. The summed E-state index contributed by atoms with van der Waals surface area (Å²) in [7, 11) is -2.06. The summed E-state index contributed by atoms with van der Waals surface area (Å²) in [4.78, 5) is 0.0327. The summed E-state index contributed by atoms with van der Waals surface area (Å²) >= 11 is 12.0. The first-order valence-corrected chi connectivity index (χ1v) is 8.20. The molecule has 0 aliphatic heterocycles. The van der Waals surface area contributed by atoms with Crippen molar-refractivity contribution in [3.63, 3.8) is 0 Å². The highest BCUT2D eigenvalue weighted by molar-refractivity contribution is 7.89. The molecule has 1 aliphatic carbocycles. The van der Waals surface area contributed by atoms with E-state index in [0.29, 0.717) is 23.0 Å². The molecule has 0 aromatic heterocycles. The van der Waals surface area contributed by atoms with Crippen LogP contribution in [0.5, 0.6) is 0 Å². The molecule has 4 nitrogen and oxygen atoms in total. The molecule has 0 amide bonds. The lowest BCUT2D eigenvalue weighted by Crippen LogP contribution is -2.29. The van der Waals surface area contributed by atoms with Crippen molar-refractivity contribution < 1.29 is 8.42 Å². The molecular formula is C12H16Cl2N2O2S. The van der Waals surface area contributed by atoms with Gasteiger partial charge < -0.3 is 5.73 Å². The largest absolute Gasteiger partial charge is 0.326 e. The molecule has 1 aromatic rings. The molecule has 7 heteroatoms. The van der Waals surface area contributed by atoms with Crippen LogP contribution >= 0.6 is 23.2 Å². The number of benzene rings is 1. The second-order valence-electron chi connectivity index (χ2n) is 4.81. The zero-order valence-corrected chi connectivity index (χ0v) is 12.9. The maximum Gasteiger partial charge on any atom is 0.244 e. The number of sulfonamides is 1. The lowest BCUT2D eigenvalue weighted by molar-refractivity contribution is 0.453. The normalized spacial score (nSPS) is 16.1. The first-order chi connectivity index (χ1) is 8.86. The summed E-state index contributed by atoms with van der Waals surface area (Å²) in [5.74, 6) is 0.465. The third-order valence-electron chi connectivity index (χ3n) is 3.20. The van der Waals surface area contributed by atoms with Crippen molar-refractivity contribution in [2.45, 2.75) is 24.3 Å². The van der Waals surface area contributed by atoms with E-state index in [1.807, 2.05) is 0 Å². The third kappa shape index (κ3) is 3.23. The first kappa shape index (κ1) is 15.1. The second kappa shape index (κ2) is 5.58. The molecule has 2 N–H and O–H groups in total. The Kier molecular flexibility index (Phi) is 4.42. The highest BCUT2D eigenvalue weighted by Crippen LogP contribution is 2.34. The highest BCUT2D eigenvalue weighted by atomic mass is 35.5. The molecule has 1 fully saturated rings. The van der Waals surface area contributed by atoms with Crippen molar-refractivity contribution in [3.8, 4) is 0 Å². The van der Waals surface area contributed by atoms with Crippen LogP contribution in [-0.2, 0) is 16.6 Å². The van der Waals surface area contributed by atoms with E-state index in [1.54, 1.807) is 13.1 Å². The van der Waals surface area contributed by atoms with Gasteiger partial charge in [-0.2, -0.15) is 0 Å². The minimum Gasteiger partial charge on any atom is -0.326 e. The van der Waals surface area contributed by atoms with Gasteiger partial charge in [-0.05, 0) is 36.5 Å². The van der Waals surface area contributed by atoms with E-state index in [1.165, 1.54) is 10.4 Å². The van der Waals surface area contributed by atoms with Crippen LogP contribution in [0.3, 0.4) is 0 Å². The van der Waals surface area contributed by atoms with Crippen molar-refractivity contribution in [1.29, 1.82) is 0 Å². The molecule has 0 spiro atoms. The highest BCUT2D eigenvalue weighted by Gasteiger charge is 2.31. The molecule has 106 valence electrons. The Morgan fingerprint density at radius 2 is 2.00 bits per heavy atom. The second-order valence-corrected chi connectivity index (χ2v) is 7.64. The topological polar surface area (TPSA) is 63.4 Å². The zero-order valence-electron chi connectivity index (χ0n) is 10.6. The van der Waals surface area contributed by atoms with Crippen LogP contribution in [0.4, 0.5) is 0 Å². The summed E-state index contributed by atoms with van der Waals surface area (Å²) in [6, 6.07) is 2.96. The van der Waals surface area contributed by atoms with E-state index < -0.39 is 10.0 Å². The summed E-state index contributed by atoms with van der Waals surface area (Å²) in [5, 5.41) is 0.484. The molecule has 0 radical (unpaired) electrons. The zero-order chi connectivity index (χ0) is 14.2. The van der Waals surface area contributed by atoms with E-state index in [-0.39, 0.29) is 16.5 Å². The van der Waals surface area contributed by atoms with Gasteiger partial charge in [0.2, 0.25) is 10.0 Å². The summed E-state index contributed by atoms with van der Waals surface area (Å²) in [5.41, 5.74) is 6.08. The Bertz CT molecular complexity index is 586. The number of hydrogen-bond acceptors (Lipinski definition) is 3. The maximum absolute atomic E-state index is 12.5. The Labute approximate surface area is 123 Å². The molecule has 1 aliphatic rings. The smallest absolute Gasteiger partial charge is 0.244 e. The Morgan fingerprint density at radius 1 is 1.37 bits per heavy atom. The Hall–Kier alpha value is -0.330. The van der Waals surface area contributed by atoms with E-state index in [2.05, 4.69) is 0 Å². The van der Waals surface area contributed by atoms with Gasteiger partial charge in [0.1, 0.15) is 4.90 Å². The molecule has 0 heterocycles. The number of hydrogen-bond donors (Lipinski definition) is 1. The Balaban J connectivity index is 2.41. The van der Waals surface area contributed by atoms with Crippen molar-refractivity contribution in [1.82, 2.24) is 4.31 Å². The lowest BCUT2D eigenvalue weighted by Gasteiger charge is -2.19. The van der Waals surface area contributed by atoms with Gasteiger partial charge in [-0.15, -0.1) is 0 Å². The van der Waals surface area contributed by atoms with E-state index in [4.69, 9.17) is 28.9 Å². The van der Waals surface area contributed by atoms with Crippen molar-refractivity contribution in [3.05, 3.63) is 27.7 Å². The molecule has 0 unspecified atom stereocenters. The quantitative estimate of drug-likeness (QED) is 0.905. The van der Waals surface area contributed by atoms with Gasteiger partial charge in [0.15, 0.2) is 0 Å². The van der Waals surface area contributed by atoms with Gasteiger partial charge in [-0.1, -0.05) is 23.2 Å². The lowest BCUT2D eigenvalue weighted by atomic mass is 10.2. The van der Waals surface area contributed by atoms with Crippen LogP contribution in [0.25, 0.3) is 0 Å². The van der Waals surface area contributed by atoms with Gasteiger partial charge in [0.05, 0.1) is 5.02 Å². The van der Waals surface area contributed by atoms with E-state index >= 15 is 0 Å². The molecule has 2 rings (SSSR count). The first-order valence-electron chi connectivity index (χ1n) is 6.00. The number of nitrogens with two attached hydrogens (primary N) is 1. The molecule has 0 saturated heterocycles. The average Bonchev–Trinajstić information content (AvgIpc) is 3.15. The van der Waals surface area contributed by atoms with Gasteiger partial charge in [0.25, 0.3) is 0 Å². The molecule has 1 aromatic carbocycles. The fourth-order valence-corrected chi connectivity index (χ4v) is 4.05. The fraction of sp³-hybridized carbons (Fsp3) is 0.500. The number of nitrogens with zero attached hydrogens (tertiary/aromatic N) is 1. The van der Waals surface area contributed by atoms with Crippen LogP contribution in [-0.4, -0.2) is 26.3 Å². The number of halogens is 2. The van der Waals surface area contributed by atoms with Crippen molar-refractivity contribution in [2.24, 2.45) is 11.7 Å². The van der Waals surface area contributed by atoms with Gasteiger partial charge in [-0.3, -0.25) is 0 Å². The fourth-order valence-electron chi connectivity index (χ4n) is 1.88. The van der Waals surface area contributed by atoms with Crippen LogP contribution < -0.4 is 5.73 Å². The SMILES string of the molecule is CN(CC1CC1)S(=O)(=O)c1cc(Cl)cc(CN)c1Cl. The van der Waals surface area contributed by atoms with Crippen molar-refractivity contribution >= 4 is 33.2 Å². The average molecular weight is 323 g/mol. The predicted octanol–water partition coefficient (Wildman–Crippen LogP) is 2.48. The molecular weight excluding hydrogens is 307 g/mol. The molecule has 0 atom stereocenters. The van der Waals surface area contributed by atoms with E-state index in [9.17, 15) is 8.42 Å². The van der Waals surface area contributed by atoms with Gasteiger partial charge in [-0.25, -0.2) is 12.7 Å². The Morgan fingerprint density at radius 3 is 2.53 bits per heavy atom. The van der Waals surface area contributed by atoms with Crippen molar-refractivity contribution in [2.75, 3.05) is 13.6 Å². The standard InChI is InChI=1S/C12H16Cl2N2O2S/c1-16(7-8-2-3-8)19(17,18)11-5-10(13)4-9(6-15)12(11)14/h4-5,8H,2-3,6-7,15H2,1H3. The summed E-state index contributed by atoms with van der Waals surface area (Å²) < 4.78 is 26.3. The molecule has 0 bridgehead atoms. The van der Waals surface area contributed by atoms with Crippen LogP contribution in [0.15, 0.2) is 17.0 Å². The van der Waals surface area contributed by atoms with Gasteiger partial charge in [0, 0.05) is 25.2 Å². The molecule has 19 heavy (non-hydrogen) atoms. The van der Waals surface area contributed by atoms with Crippen LogP contribution in [0.1, 0.15) is 18.4 Å².